The third-order valence-electron chi connectivity index (χ3n) is 4.70. The largest absolute Gasteiger partial charge is 0.491 e. The Morgan fingerprint density at radius 1 is 1.19 bits per heavy atom. The van der Waals surface area contributed by atoms with Gasteiger partial charge in [0.15, 0.2) is 0 Å². The van der Waals surface area contributed by atoms with E-state index in [1.165, 1.54) is 5.56 Å². The summed E-state index contributed by atoms with van der Waals surface area (Å²) < 4.78 is 5.65. The highest BCUT2D eigenvalue weighted by Gasteiger charge is 2.35. The van der Waals surface area contributed by atoms with Gasteiger partial charge in [-0.15, -0.1) is 0 Å². The van der Waals surface area contributed by atoms with Crippen molar-refractivity contribution in [1.29, 1.82) is 0 Å². The second-order valence-corrected chi connectivity index (χ2v) is 7.80. The maximum atomic E-state index is 12.4. The highest BCUT2D eigenvalue weighted by molar-refractivity contribution is 5.89. The van der Waals surface area contributed by atoms with Crippen molar-refractivity contribution in [3.05, 3.63) is 29.8 Å². The number of amides is 2. The number of nitrogens with zero attached hydrogens (tertiary/aromatic N) is 1. The number of carbonyl (C=O) groups is 2. The molecule has 0 aliphatic carbocycles. The predicted octanol–water partition coefficient (Wildman–Crippen LogP) is 3.17. The maximum Gasteiger partial charge on any atom is 0.225 e. The first kappa shape index (κ1) is 20.3. The molecule has 2 rings (SSSR count). The Hall–Kier alpha value is -2.04. The van der Waals surface area contributed by atoms with E-state index in [0.29, 0.717) is 13.0 Å². The Bertz CT molecular complexity index is 610. The van der Waals surface area contributed by atoms with Crippen LogP contribution in [0.1, 0.15) is 53.0 Å². The molecule has 0 bridgehead atoms. The van der Waals surface area contributed by atoms with E-state index < -0.39 is 0 Å². The van der Waals surface area contributed by atoms with Crippen molar-refractivity contribution in [1.82, 2.24) is 10.2 Å². The number of ether oxygens (including phenoxy) is 1. The van der Waals surface area contributed by atoms with E-state index in [1.807, 2.05) is 46.8 Å². The standard InChI is InChI=1S/C21H32N2O3/c1-14(2)23-13-18(12-20(23)24)21(25)22-16(5)6-7-17-8-10-19(11-9-17)26-15(3)4/h8-11,14-16,18H,6-7,12-13H2,1-5H3,(H,22,25)/t16-,18-/m0/s1. The Morgan fingerprint density at radius 3 is 2.38 bits per heavy atom. The highest BCUT2D eigenvalue weighted by Crippen LogP contribution is 2.21. The Balaban J connectivity index is 1.77. The fourth-order valence-corrected chi connectivity index (χ4v) is 3.23. The topological polar surface area (TPSA) is 58.6 Å². The van der Waals surface area contributed by atoms with Crippen molar-refractivity contribution >= 4 is 11.8 Å². The molecule has 26 heavy (non-hydrogen) atoms. The van der Waals surface area contributed by atoms with Crippen LogP contribution in [0.15, 0.2) is 24.3 Å². The zero-order chi connectivity index (χ0) is 19.3. The van der Waals surface area contributed by atoms with Gasteiger partial charge in [-0.3, -0.25) is 9.59 Å². The van der Waals surface area contributed by atoms with E-state index in [9.17, 15) is 9.59 Å². The van der Waals surface area contributed by atoms with Gasteiger partial charge in [0.25, 0.3) is 0 Å². The first-order valence-corrected chi connectivity index (χ1v) is 9.61. The molecule has 1 heterocycles. The summed E-state index contributed by atoms with van der Waals surface area (Å²) in [5.41, 5.74) is 1.23. The molecule has 0 aromatic heterocycles. The van der Waals surface area contributed by atoms with Crippen LogP contribution in [0.3, 0.4) is 0 Å². The minimum atomic E-state index is -0.222. The average Bonchev–Trinajstić information content (AvgIpc) is 2.96. The molecule has 5 heteroatoms. The number of nitrogens with one attached hydrogen (secondary N) is 1. The summed E-state index contributed by atoms with van der Waals surface area (Å²) in [5, 5.41) is 3.07. The monoisotopic (exact) mass is 360 g/mol. The zero-order valence-electron chi connectivity index (χ0n) is 16.6. The quantitative estimate of drug-likeness (QED) is 0.775. The van der Waals surface area contributed by atoms with Crippen LogP contribution in [0.2, 0.25) is 0 Å². The van der Waals surface area contributed by atoms with Gasteiger partial charge in [-0.05, 0) is 65.2 Å². The molecule has 0 spiro atoms. The van der Waals surface area contributed by atoms with Gasteiger partial charge in [-0.2, -0.15) is 0 Å². The fourth-order valence-electron chi connectivity index (χ4n) is 3.23. The fraction of sp³-hybridized carbons (Fsp3) is 0.619. The third kappa shape index (κ3) is 5.75. The number of hydrogen-bond acceptors (Lipinski definition) is 3. The van der Waals surface area contributed by atoms with Gasteiger partial charge in [0, 0.05) is 25.0 Å². The van der Waals surface area contributed by atoms with Crippen LogP contribution in [-0.4, -0.2) is 41.4 Å². The summed E-state index contributed by atoms with van der Waals surface area (Å²) in [6.45, 7) is 10.5. The van der Waals surface area contributed by atoms with Gasteiger partial charge in [0.2, 0.25) is 11.8 Å². The molecular formula is C21H32N2O3. The van der Waals surface area contributed by atoms with Crippen LogP contribution >= 0.6 is 0 Å². The normalized spacial score (nSPS) is 18.5. The first-order valence-electron chi connectivity index (χ1n) is 9.61. The van der Waals surface area contributed by atoms with Crippen LogP contribution in [0.5, 0.6) is 5.75 Å². The maximum absolute atomic E-state index is 12.4. The average molecular weight is 360 g/mol. The van der Waals surface area contributed by atoms with Crippen molar-refractivity contribution in [2.75, 3.05) is 6.54 Å². The molecule has 1 N–H and O–H groups in total. The van der Waals surface area contributed by atoms with Crippen molar-refractivity contribution in [3.63, 3.8) is 0 Å². The van der Waals surface area contributed by atoms with Crippen LogP contribution in [0, 0.1) is 5.92 Å². The molecule has 144 valence electrons. The summed E-state index contributed by atoms with van der Waals surface area (Å²) in [7, 11) is 0. The molecule has 1 aromatic carbocycles. The summed E-state index contributed by atoms with van der Waals surface area (Å²) >= 11 is 0. The summed E-state index contributed by atoms with van der Waals surface area (Å²) in [4.78, 5) is 26.2. The van der Waals surface area contributed by atoms with E-state index in [1.54, 1.807) is 4.90 Å². The van der Waals surface area contributed by atoms with Crippen LogP contribution in [-0.2, 0) is 16.0 Å². The number of rotatable bonds is 8. The Kier molecular flexibility index (Phi) is 7.06. The molecule has 1 aromatic rings. The lowest BCUT2D eigenvalue weighted by Gasteiger charge is -2.21. The molecule has 0 unspecified atom stereocenters. The lowest BCUT2D eigenvalue weighted by Crippen LogP contribution is -2.39. The SMILES string of the molecule is CC(C)Oc1ccc(CC[C@H](C)NC(=O)[C@H]2CC(=O)N(C(C)C)C2)cc1. The molecule has 2 atom stereocenters. The molecular weight excluding hydrogens is 328 g/mol. The summed E-state index contributed by atoms with van der Waals surface area (Å²) in [6.07, 6.45) is 2.26. The van der Waals surface area contributed by atoms with Gasteiger partial charge in [-0.25, -0.2) is 0 Å². The molecule has 1 aliphatic heterocycles. The zero-order valence-corrected chi connectivity index (χ0v) is 16.6. The van der Waals surface area contributed by atoms with Crippen molar-refractivity contribution in [2.24, 2.45) is 5.92 Å². The van der Waals surface area contributed by atoms with Gasteiger partial charge in [0.05, 0.1) is 12.0 Å². The smallest absolute Gasteiger partial charge is 0.225 e. The second kappa shape index (κ2) is 9.06. The summed E-state index contributed by atoms with van der Waals surface area (Å²) in [6, 6.07) is 8.36. The molecule has 0 saturated carbocycles. The lowest BCUT2D eigenvalue weighted by atomic mass is 10.0. The Morgan fingerprint density at radius 2 is 1.85 bits per heavy atom. The Labute approximate surface area is 157 Å². The summed E-state index contributed by atoms with van der Waals surface area (Å²) in [5.74, 6) is 0.733. The van der Waals surface area contributed by atoms with Gasteiger partial charge in [0.1, 0.15) is 5.75 Å². The molecule has 1 aliphatic rings. The van der Waals surface area contributed by atoms with E-state index in [-0.39, 0.29) is 35.9 Å². The predicted molar refractivity (Wildman–Crippen MR) is 103 cm³/mol. The van der Waals surface area contributed by atoms with E-state index in [2.05, 4.69) is 17.4 Å². The second-order valence-electron chi connectivity index (χ2n) is 7.80. The molecule has 1 fully saturated rings. The number of carbonyl (C=O) groups excluding carboxylic acids is 2. The third-order valence-corrected chi connectivity index (χ3v) is 4.70. The number of hydrogen-bond donors (Lipinski definition) is 1. The minimum absolute atomic E-state index is 0.00492. The van der Waals surface area contributed by atoms with Crippen LogP contribution in [0.25, 0.3) is 0 Å². The molecule has 5 nitrogen and oxygen atoms in total. The first-order chi connectivity index (χ1) is 12.3. The molecule has 0 radical (unpaired) electrons. The van der Waals surface area contributed by atoms with E-state index >= 15 is 0 Å². The highest BCUT2D eigenvalue weighted by atomic mass is 16.5. The van der Waals surface area contributed by atoms with Crippen molar-refractivity contribution in [2.45, 2.75) is 72.1 Å². The van der Waals surface area contributed by atoms with Crippen LogP contribution < -0.4 is 10.1 Å². The number of aryl methyl sites for hydroxylation is 1. The number of benzene rings is 1. The van der Waals surface area contributed by atoms with Crippen LogP contribution in [0.4, 0.5) is 0 Å². The molecule has 1 saturated heterocycles. The molecule has 2 amide bonds. The van der Waals surface area contributed by atoms with Crippen molar-refractivity contribution < 1.29 is 14.3 Å². The lowest BCUT2D eigenvalue weighted by molar-refractivity contribution is -0.130. The van der Waals surface area contributed by atoms with E-state index in [4.69, 9.17) is 4.74 Å². The van der Waals surface area contributed by atoms with Gasteiger partial charge >= 0.3 is 0 Å². The number of likely N-dealkylation sites (tertiary alicyclic amines) is 1. The minimum Gasteiger partial charge on any atom is -0.491 e. The van der Waals surface area contributed by atoms with Crippen molar-refractivity contribution in [3.8, 4) is 5.75 Å². The van der Waals surface area contributed by atoms with Gasteiger partial charge < -0.3 is 15.0 Å². The van der Waals surface area contributed by atoms with E-state index in [0.717, 1.165) is 18.6 Å². The van der Waals surface area contributed by atoms with Gasteiger partial charge in [-0.1, -0.05) is 12.1 Å².